The van der Waals surface area contributed by atoms with Gasteiger partial charge in [0.25, 0.3) is 0 Å². The fraction of sp³-hybridized carbons (Fsp3) is 0.250. The van der Waals surface area contributed by atoms with E-state index in [1.54, 1.807) is 24.3 Å². The minimum atomic E-state index is -1.18. The van der Waals surface area contributed by atoms with Gasteiger partial charge < -0.3 is 0 Å². The molecule has 0 amide bonds. The van der Waals surface area contributed by atoms with Crippen molar-refractivity contribution in [2.75, 3.05) is 0 Å². The Balaban J connectivity index is 2.86. The fourth-order valence-electron chi connectivity index (χ4n) is 0.787. The zero-order valence-corrected chi connectivity index (χ0v) is 9.15. The number of benzene rings is 1. The minimum absolute atomic E-state index is 0.493. The van der Waals surface area contributed by atoms with Gasteiger partial charge in [-0.2, -0.15) is 0 Å². The monoisotopic (exact) mass is 298 g/mol. The largest absolute Gasteiger partial charge is 0.230 e. The third-order valence-electron chi connectivity index (χ3n) is 1.44. The molecule has 1 rings (SSSR count). The molecule has 12 heavy (non-hydrogen) atoms. The van der Waals surface area contributed by atoms with Crippen LogP contribution in [0, 0.1) is 0 Å². The lowest BCUT2D eigenvalue weighted by Gasteiger charge is -2.03. The highest BCUT2D eigenvalue weighted by Gasteiger charge is 2.07. The Bertz CT molecular complexity index is 217. The van der Waals surface area contributed by atoms with Crippen LogP contribution in [-0.2, 0) is 0 Å². The number of hydrogen-bond acceptors (Lipinski definition) is 0. The van der Waals surface area contributed by atoms with E-state index in [0.717, 1.165) is 0 Å². The number of rotatable bonds is 2. The lowest BCUT2D eigenvalue weighted by atomic mass is 10.2. The molecule has 0 aromatic heterocycles. The molecule has 0 radical (unpaired) electrons. The second-order valence-corrected chi connectivity index (χ2v) is 3.88. The summed E-state index contributed by atoms with van der Waals surface area (Å²) < 4.78 is 25.2. The maximum atomic E-state index is 12.6. The molecule has 0 aliphatic carbocycles. The first kappa shape index (κ1) is 10.1. The van der Waals surface area contributed by atoms with Crippen molar-refractivity contribution in [3.8, 4) is 0 Å². The molecule has 1 aromatic rings. The Morgan fingerprint density at radius 3 is 1.25 bits per heavy atom. The van der Waals surface area contributed by atoms with E-state index in [0.29, 0.717) is 11.1 Å². The van der Waals surface area contributed by atoms with Gasteiger partial charge in [0.1, 0.15) is 0 Å². The van der Waals surface area contributed by atoms with Gasteiger partial charge in [0, 0.05) is 0 Å². The second-order valence-electron chi connectivity index (χ2n) is 2.27. The van der Waals surface area contributed by atoms with Crippen LogP contribution in [0.15, 0.2) is 24.3 Å². The van der Waals surface area contributed by atoms with Crippen LogP contribution in [0.2, 0.25) is 0 Å². The lowest BCUT2D eigenvalue weighted by molar-refractivity contribution is 0.473. The van der Waals surface area contributed by atoms with Crippen LogP contribution in [0.5, 0.6) is 0 Å². The van der Waals surface area contributed by atoms with Crippen molar-refractivity contribution in [3.05, 3.63) is 35.4 Å². The lowest BCUT2D eigenvalue weighted by Crippen LogP contribution is -1.85. The van der Waals surface area contributed by atoms with Gasteiger partial charge >= 0.3 is 0 Å². The van der Waals surface area contributed by atoms with E-state index in [1.165, 1.54) is 0 Å². The summed E-state index contributed by atoms with van der Waals surface area (Å²) in [4.78, 5) is 0. The molecule has 0 saturated heterocycles. The molecular weight excluding hydrogens is 294 g/mol. The van der Waals surface area contributed by atoms with Crippen LogP contribution in [0.4, 0.5) is 8.78 Å². The summed E-state index contributed by atoms with van der Waals surface area (Å²) in [5.74, 6) is 0. The first-order valence-corrected chi connectivity index (χ1v) is 5.10. The van der Waals surface area contributed by atoms with Gasteiger partial charge in [0.05, 0.1) is 0 Å². The summed E-state index contributed by atoms with van der Waals surface area (Å²) in [6.45, 7) is 0. The molecule has 0 spiro atoms. The highest BCUT2D eigenvalue weighted by atomic mass is 79.9. The van der Waals surface area contributed by atoms with E-state index in [1.807, 2.05) is 0 Å². The molecule has 4 heteroatoms. The standard InChI is InChI=1S/C8H6Br2F2/c9-7(11)5-1-2-6(4-3-5)8(10)12/h1-4,7-8H. The molecule has 1 aromatic carbocycles. The molecule has 66 valence electrons. The zero-order chi connectivity index (χ0) is 9.14. The number of alkyl halides is 4. The first-order chi connectivity index (χ1) is 5.61. The average Bonchev–Trinajstić information content (AvgIpc) is 2.04. The molecule has 0 N–H and O–H groups in total. The molecule has 0 bridgehead atoms. The second kappa shape index (κ2) is 4.33. The van der Waals surface area contributed by atoms with E-state index >= 15 is 0 Å². The molecule has 0 aliphatic heterocycles. The van der Waals surface area contributed by atoms with Crippen LogP contribution >= 0.6 is 31.9 Å². The molecule has 2 atom stereocenters. The molecular formula is C8H6Br2F2. The Kier molecular flexibility index (Phi) is 3.65. The average molecular weight is 300 g/mol. The summed E-state index contributed by atoms with van der Waals surface area (Å²) in [5.41, 5.74) is 0.985. The Morgan fingerprint density at radius 1 is 0.833 bits per heavy atom. The van der Waals surface area contributed by atoms with E-state index in [-0.39, 0.29) is 0 Å². The number of hydrogen-bond donors (Lipinski definition) is 0. The van der Waals surface area contributed by atoms with Gasteiger partial charge in [-0.25, -0.2) is 8.78 Å². The SMILES string of the molecule is FC(Br)c1ccc(C(F)Br)cc1. The van der Waals surface area contributed by atoms with Gasteiger partial charge in [0.2, 0.25) is 0 Å². The smallest absolute Gasteiger partial charge is 0.180 e. The van der Waals surface area contributed by atoms with Crippen molar-refractivity contribution >= 4 is 31.9 Å². The topological polar surface area (TPSA) is 0 Å². The van der Waals surface area contributed by atoms with Gasteiger partial charge in [-0.05, 0) is 43.0 Å². The molecule has 0 heterocycles. The highest BCUT2D eigenvalue weighted by molar-refractivity contribution is 9.09. The van der Waals surface area contributed by atoms with Crippen LogP contribution in [-0.4, -0.2) is 0 Å². The fourth-order valence-corrected chi connectivity index (χ4v) is 1.40. The van der Waals surface area contributed by atoms with Crippen molar-refractivity contribution in [2.45, 2.75) is 10.2 Å². The third kappa shape index (κ3) is 2.52. The van der Waals surface area contributed by atoms with E-state index < -0.39 is 10.2 Å². The van der Waals surface area contributed by atoms with Crippen molar-refractivity contribution in [3.63, 3.8) is 0 Å². The molecule has 0 aliphatic rings. The van der Waals surface area contributed by atoms with Crippen molar-refractivity contribution in [1.29, 1.82) is 0 Å². The summed E-state index contributed by atoms with van der Waals surface area (Å²) in [5, 5.41) is -2.36. The molecule has 2 unspecified atom stereocenters. The minimum Gasteiger partial charge on any atom is -0.230 e. The maximum Gasteiger partial charge on any atom is 0.180 e. The molecule has 0 nitrogen and oxygen atoms in total. The van der Waals surface area contributed by atoms with Crippen LogP contribution in [0.1, 0.15) is 21.3 Å². The predicted molar refractivity (Wildman–Crippen MR) is 52.0 cm³/mol. The van der Waals surface area contributed by atoms with E-state index in [2.05, 4.69) is 31.9 Å². The van der Waals surface area contributed by atoms with Crippen LogP contribution in [0.3, 0.4) is 0 Å². The Hall–Kier alpha value is 0.0400. The van der Waals surface area contributed by atoms with Crippen molar-refractivity contribution in [1.82, 2.24) is 0 Å². The summed E-state index contributed by atoms with van der Waals surface area (Å²) in [7, 11) is 0. The van der Waals surface area contributed by atoms with Crippen molar-refractivity contribution < 1.29 is 8.78 Å². The summed E-state index contributed by atoms with van der Waals surface area (Å²) in [6.07, 6.45) is 0. The maximum absolute atomic E-state index is 12.6. The summed E-state index contributed by atoms with van der Waals surface area (Å²) >= 11 is 5.54. The zero-order valence-electron chi connectivity index (χ0n) is 5.98. The van der Waals surface area contributed by atoms with E-state index in [4.69, 9.17) is 0 Å². The van der Waals surface area contributed by atoms with E-state index in [9.17, 15) is 8.78 Å². The highest BCUT2D eigenvalue weighted by Crippen LogP contribution is 2.28. The van der Waals surface area contributed by atoms with Gasteiger partial charge in [-0.1, -0.05) is 24.3 Å². The third-order valence-corrected chi connectivity index (χ3v) is 2.50. The van der Waals surface area contributed by atoms with Crippen molar-refractivity contribution in [2.24, 2.45) is 0 Å². The van der Waals surface area contributed by atoms with Crippen LogP contribution in [0.25, 0.3) is 0 Å². The summed E-state index contributed by atoms with van der Waals surface area (Å²) in [6, 6.07) is 6.18. The van der Waals surface area contributed by atoms with Crippen LogP contribution < -0.4 is 0 Å². The predicted octanol–water partition coefficient (Wildman–Crippen LogP) is 4.41. The van der Waals surface area contributed by atoms with Gasteiger partial charge in [-0.3, -0.25) is 0 Å². The van der Waals surface area contributed by atoms with Gasteiger partial charge in [-0.15, -0.1) is 0 Å². The normalized spacial score (nSPS) is 15.7. The molecule has 0 saturated carbocycles. The number of halogens is 4. The first-order valence-electron chi connectivity index (χ1n) is 3.27. The Labute approximate surface area is 86.2 Å². The quantitative estimate of drug-likeness (QED) is 0.710. The van der Waals surface area contributed by atoms with Gasteiger partial charge in [0.15, 0.2) is 10.2 Å². The Morgan fingerprint density at radius 2 is 1.08 bits per heavy atom. The molecule has 0 fully saturated rings.